The third-order valence-corrected chi connectivity index (χ3v) is 6.19. The Morgan fingerprint density at radius 2 is 1.71 bits per heavy atom. The first-order chi connectivity index (χ1) is 17.1. The second-order valence-corrected chi connectivity index (χ2v) is 8.69. The molecule has 6 nitrogen and oxygen atoms in total. The first kappa shape index (κ1) is 22.3. The Morgan fingerprint density at radius 1 is 0.971 bits per heavy atom. The van der Waals surface area contributed by atoms with Gasteiger partial charge in [0.25, 0.3) is 5.91 Å². The van der Waals surface area contributed by atoms with Gasteiger partial charge >= 0.3 is 0 Å². The van der Waals surface area contributed by atoms with E-state index in [4.69, 9.17) is 0 Å². The van der Waals surface area contributed by atoms with Crippen LogP contribution >= 0.6 is 0 Å². The van der Waals surface area contributed by atoms with Crippen molar-refractivity contribution in [3.05, 3.63) is 114 Å². The van der Waals surface area contributed by atoms with Gasteiger partial charge in [0.1, 0.15) is 6.04 Å². The zero-order valence-electron chi connectivity index (χ0n) is 19.4. The van der Waals surface area contributed by atoms with Gasteiger partial charge in [-0.2, -0.15) is 0 Å². The van der Waals surface area contributed by atoms with Crippen molar-refractivity contribution in [2.24, 2.45) is 0 Å². The summed E-state index contributed by atoms with van der Waals surface area (Å²) in [7, 11) is 1.77. The van der Waals surface area contributed by atoms with Crippen molar-refractivity contribution >= 4 is 33.6 Å². The minimum Gasteiger partial charge on any atom is -0.361 e. The van der Waals surface area contributed by atoms with Gasteiger partial charge in [0.05, 0.1) is 11.1 Å². The Bertz CT molecular complexity index is 1490. The number of amides is 2. The molecule has 0 saturated carbocycles. The third-order valence-electron chi connectivity index (χ3n) is 6.19. The number of nitrogens with zero attached hydrogens (tertiary/aromatic N) is 2. The lowest BCUT2D eigenvalue weighted by Gasteiger charge is -2.25. The van der Waals surface area contributed by atoms with Crippen molar-refractivity contribution in [2.45, 2.75) is 19.0 Å². The first-order valence-corrected chi connectivity index (χ1v) is 11.6. The molecular weight excluding hydrogens is 436 g/mol. The summed E-state index contributed by atoms with van der Waals surface area (Å²) in [5, 5.41) is 4.90. The molecule has 1 atom stereocenters. The van der Waals surface area contributed by atoms with E-state index in [0.29, 0.717) is 18.5 Å². The highest BCUT2D eigenvalue weighted by molar-refractivity contribution is 6.00. The maximum atomic E-state index is 13.6. The second-order valence-electron chi connectivity index (χ2n) is 8.69. The molecule has 0 spiro atoms. The van der Waals surface area contributed by atoms with Crippen LogP contribution in [0.15, 0.2) is 97.3 Å². The maximum absolute atomic E-state index is 13.6. The van der Waals surface area contributed by atoms with E-state index in [1.807, 2.05) is 85.1 Å². The van der Waals surface area contributed by atoms with Crippen LogP contribution in [0.2, 0.25) is 0 Å². The number of aromatic nitrogens is 2. The van der Waals surface area contributed by atoms with Crippen LogP contribution in [0.3, 0.4) is 0 Å². The van der Waals surface area contributed by atoms with E-state index in [1.54, 1.807) is 24.2 Å². The van der Waals surface area contributed by atoms with Crippen molar-refractivity contribution in [1.29, 1.82) is 0 Å². The normalized spacial score (nSPS) is 11.9. The van der Waals surface area contributed by atoms with E-state index in [9.17, 15) is 9.59 Å². The number of benzene rings is 3. The fraction of sp³-hybridized carbons (Fsp3) is 0.138. The summed E-state index contributed by atoms with van der Waals surface area (Å²) in [6, 6.07) is 26.5. The monoisotopic (exact) mass is 462 g/mol. The summed E-state index contributed by atoms with van der Waals surface area (Å²) in [6.45, 7) is 0.456. The summed E-state index contributed by atoms with van der Waals surface area (Å²) in [6.07, 6.45) is 3.83. The van der Waals surface area contributed by atoms with Crippen LogP contribution < -0.4 is 5.32 Å². The number of pyridine rings is 1. The Labute approximate surface area is 203 Å². The number of carbonyl (C=O) groups is 2. The van der Waals surface area contributed by atoms with Gasteiger partial charge in [0, 0.05) is 48.7 Å². The molecule has 5 aromatic rings. The quantitative estimate of drug-likeness (QED) is 0.368. The van der Waals surface area contributed by atoms with Crippen LogP contribution in [-0.2, 0) is 17.8 Å². The molecule has 6 heteroatoms. The molecule has 174 valence electrons. The van der Waals surface area contributed by atoms with Crippen LogP contribution in [-0.4, -0.2) is 39.8 Å². The smallest absolute Gasteiger partial charge is 0.253 e. The molecule has 5 rings (SSSR count). The Morgan fingerprint density at radius 3 is 2.57 bits per heavy atom. The molecule has 0 aliphatic carbocycles. The standard InChI is InChI=1S/C29H26N4O2/c1-33(19-20-9-3-2-4-10-20)29(35)27(16-22-17-31-26-14-8-6-12-24(22)26)32-28(34)23-15-21-11-5-7-13-25(21)30-18-23/h2-15,17-18,27,31H,16,19H2,1H3,(H,32,34)/t27-/m1/s1. The van der Waals surface area contributed by atoms with Gasteiger partial charge in [-0.1, -0.05) is 66.7 Å². The fourth-order valence-electron chi connectivity index (χ4n) is 4.36. The average Bonchev–Trinajstić information content (AvgIpc) is 3.31. The minimum absolute atomic E-state index is 0.152. The number of aromatic amines is 1. The molecule has 0 saturated heterocycles. The third kappa shape index (κ3) is 4.92. The fourth-order valence-corrected chi connectivity index (χ4v) is 4.36. The van der Waals surface area contributed by atoms with Gasteiger partial charge in [0.2, 0.25) is 5.91 Å². The molecule has 2 amide bonds. The van der Waals surface area contributed by atoms with E-state index in [2.05, 4.69) is 15.3 Å². The summed E-state index contributed by atoms with van der Waals surface area (Å²) in [5.41, 5.74) is 4.24. The molecular formula is C29H26N4O2. The number of H-pyrrole nitrogens is 1. The number of hydrogen-bond donors (Lipinski definition) is 2. The largest absolute Gasteiger partial charge is 0.361 e. The molecule has 0 aliphatic rings. The molecule has 0 aliphatic heterocycles. The van der Waals surface area contributed by atoms with Crippen molar-refractivity contribution < 1.29 is 9.59 Å². The highest BCUT2D eigenvalue weighted by atomic mass is 16.2. The molecule has 0 radical (unpaired) electrons. The van der Waals surface area contributed by atoms with Crippen molar-refractivity contribution in [1.82, 2.24) is 20.2 Å². The van der Waals surface area contributed by atoms with E-state index in [1.165, 1.54) is 0 Å². The van der Waals surface area contributed by atoms with Crippen molar-refractivity contribution in [3.63, 3.8) is 0 Å². The van der Waals surface area contributed by atoms with Gasteiger partial charge in [-0.25, -0.2) is 0 Å². The predicted molar refractivity (Wildman–Crippen MR) is 138 cm³/mol. The number of nitrogens with one attached hydrogen (secondary N) is 2. The van der Waals surface area contributed by atoms with Gasteiger partial charge in [0.15, 0.2) is 0 Å². The number of carbonyl (C=O) groups excluding carboxylic acids is 2. The van der Waals surface area contributed by atoms with Crippen LogP contribution in [0.25, 0.3) is 21.8 Å². The lowest BCUT2D eigenvalue weighted by Crippen LogP contribution is -2.48. The number of fused-ring (bicyclic) bond motifs is 2. The van der Waals surface area contributed by atoms with Crippen molar-refractivity contribution in [3.8, 4) is 0 Å². The zero-order valence-corrected chi connectivity index (χ0v) is 19.4. The molecule has 2 aromatic heterocycles. The van der Waals surface area contributed by atoms with E-state index >= 15 is 0 Å². The lowest BCUT2D eigenvalue weighted by atomic mass is 10.0. The minimum atomic E-state index is -0.734. The molecule has 0 unspecified atom stereocenters. The van der Waals surface area contributed by atoms with Gasteiger partial charge in [-0.05, 0) is 29.3 Å². The molecule has 2 heterocycles. The van der Waals surface area contributed by atoms with Gasteiger partial charge in [-0.3, -0.25) is 14.6 Å². The summed E-state index contributed by atoms with van der Waals surface area (Å²) in [5.74, 6) is -0.476. The molecule has 35 heavy (non-hydrogen) atoms. The van der Waals surface area contributed by atoms with E-state index in [-0.39, 0.29) is 11.8 Å². The predicted octanol–water partition coefficient (Wildman–Crippen LogP) is 4.72. The van der Waals surface area contributed by atoms with Crippen molar-refractivity contribution in [2.75, 3.05) is 7.05 Å². The highest BCUT2D eigenvalue weighted by Gasteiger charge is 2.26. The van der Waals surface area contributed by atoms with Crippen LogP contribution in [0.1, 0.15) is 21.5 Å². The second kappa shape index (κ2) is 9.81. The lowest BCUT2D eigenvalue weighted by molar-refractivity contribution is -0.132. The molecule has 3 aromatic carbocycles. The molecule has 0 bridgehead atoms. The van der Waals surface area contributed by atoms with E-state index in [0.717, 1.165) is 32.9 Å². The van der Waals surface area contributed by atoms with Gasteiger partial charge in [-0.15, -0.1) is 0 Å². The number of rotatable bonds is 7. The maximum Gasteiger partial charge on any atom is 0.253 e. The zero-order chi connectivity index (χ0) is 24.2. The highest BCUT2D eigenvalue weighted by Crippen LogP contribution is 2.20. The summed E-state index contributed by atoms with van der Waals surface area (Å²) < 4.78 is 0. The Hall–Kier alpha value is -4.45. The Kier molecular flexibility index (Phi) is 6.26. The number of hydrogen-bond acceptors (Lipinski definition) is 3. The number of likely N-dealkylation sites (N-methyl/N-ethyl adjacent to an activating group) is 1. The first-order valence-electron chi connectivity index (χ1n) is 11.6. The summed E-state index contributed by atoms with van der Waals surface area (Å²) >= 11 is 0. The van der Waals surface area contributed by atoms with Gasteiger partial charge < -0.3 is 15.2 Å². The number of para-hydroxylation sites is 2. The average molecular weight is 463 g/mol. The Balaban J connectivity index is 1.42. The molecule has 2 N–H and O–H groups in total. The summed E-state index contributed by atoms with van der Waals surface area (Å²) in [4.78, 5) is 36.1. The topological polar surface area (TPSA) is 78.1 Å². The van der Waals surface area contributed by atoms with Crippen LogP contribution in [0, 0.1) is 0 Å². The SMILES string of the molecule is CN(Cc1ccccc1)C(=O)[C@@H](Cc1c[nH]c2ccccc12)NC(=O)c1cnc2ccccc2c1. The van der Waals surface area contributed by atoms with E-state index < -0.39 is 6.04 Å². The molecule has 0 fully saturated rings. The van der Waals surface area contributed by atoms with Crippen LogP contribution in [0.5, 0.6) is 0 Å². The van der Waals surface area contributed by atoms with Crippen LogP contribution in [0.4, 0.5) is 0 Å².